The molecule has 0 amide bonds. The summed E-state index contributed by atoms with van der Waals surface area (Å²) in [5, 5.41) is 1.10. The van der Waals surface area contributed by atoms with Crippen LogP contribution >= 0.6 is 22.7 Å². The number of benzene rings is 1. The van der Waals surface area contributed by atoms with Gasteiger partial charge < -0.3 is 4.74 Å². The number of nitrogens with one attached hydrogen (secondary N) is 1. The molecule has 2 heterocycles. The number of nitrogens with zero attached hydrogens (tertiary/aromatic N) is 1. The predicted molar refractivity (Wildman–Crippen MR) is 114 cm³/mol. The molecule has 0 atom stereocenters. The first-order chi connectivity index (χ1) is 13.1. The van der Waals surface area contributed by atoms with Crippen LogP contribution in [0.5, 0.6) is 0 Å². The lowest BCUT2D eigenvalue weighted by Gasteiger charge is -2.05. The van der Waals surface area contributed by atoms with Gasteiger partial charge >= 0.3 is 5.97 Å². The molecule has 0 aliphatic heterocycles. The summed E-state index contributed by atoms with van der Waals surface area (Å²) >= 11 is 2.21. The van der Waals surface area contributed by atoms with Crippen molar-refractivity contribution in [1.82, 2.24) is 4.98 Å². The maximum absolute atomic E-state index is 13.0. The maximum atomic E-state index is 13.0. The molecule has 0 fully saturated rings. The highest BCUT2D eigenvalue weighted by molar-refractivity contribution is 7.95. The average molecular weight is 439 g/mol. The Morgan fingerprint density at radius 3 is 2.61 bits per heavy atom. The summed E-state index contributed by atoms with van der Waals surface area (Å²) in [6, 6.07) is 6.05. The Labute approximate surface area is 172 Å². The number of esters is 1. The Hall–Kier alpha value is -1.97. The number of carbonyl (C=O) groups excluding carboxylic acids is 1. The highest BCUT2D eigenvalue weighted by atomic mass is 32.2. The topological polar surface area (TPSA) is 85.4 Å². The first kappa shape index (κ1) is 20.8. The van der Waals surface area contributed by atoms with E-state index < -0.39 is 16.0 Å². The fraction of sp³-hybridized carbons (Fsp3) is 0.368. The third kappa shape index (κ3) is 3.92. The van der Waals surface area contributed by atoms with E-state index in [1.165, 1.54) is 16.9 Å². The first-order valence-electron chi connectivity index (χ1n) is 8.84. The zero-order valence-corrected chi connectivity index (χ0v) is 18.8. The summed E-state index contributed by atoms with van der Waals surface area (Å²) in [7, 11) is -3.82. The van der Waals surface area contributed by atoms with Crippen molar-refractivity contribution in [2.24, 2.45) is 0 Å². The van der Waals surface area contributed by atoms with Crippen LogP contribution in [-0.2, 0) is 14.8 Å². The third-order valence-corrected chi connectivity index (χ3v) is 8.72. The number of hydrogen-bond acceptors (Lipinski definition) is 7. The van der Waals surface area contributed by atoms with Crippen molar-refractivity contribution >= 4 is 53.9 Å². The van der Waals surface area contributed by atoms with Crippen LogP contribution in [0.4, 0.5) is 5.13 Å². The minimum Gasteiger partial charge on any atom is -0.462 e. The number of aryl methyl sites for hydroxylation is 2. The van der Waals surface area contributed by atoms with E-state index in [9.17, 15) is 13.2 Å². The summed E-state index contributed by atoms with van der Waals surface area (Å²) in [6.45, 7) is 9.64. The molecule has 0 aliphatic carbocycles. The molecule has 0 bridgehead atoms. The van der Waals surface area contributed by atoms with Gasteiger partial charge in [-0.1, -0.05) is 31.3 Å². The lowest BCUT2D eigenvalue weighted by molar-refractivity contribution is 0.0531. The van der Waals surface area contributed by atoms with Crippen LogP contribution in [0.2, 0.25) is 0 Å². The van der Waals surface area contributed by atoms with Crippen molar-refractivity contribution < 1.29 is 17.9 Å². The average Bonchev–Trinajstić information content (AvgIpc) is 3.15. The fourth-order valence-electron chi connectivity index (χ4n) is 2.82. The number of sulfonamides is 1. The Bertz CT molecular complexity index is 1140. The van der Waals surface area contributed by atoms with Gasteiger partial charge in [-0.05, 0) is 55.3 Å². The number of thiazole rings is 1. The second kappa shape index (κ2) is 7.81. The highest BCUT2D eigenvalue weighted by Crippen LogP contribution is 2.37. The molecule has 3 rings (SSSR count). The predicted octanol–water partition coefficient (Wildman–Crippen LogP) is 5.08. The summed E-state index contributed by atoms with van der Waals surface area (Å²) < 4.78 is 34.6. The van der Waals surface area contributed by atoms with E-state index in [2.05, 4.69) is 29.6 Å². The van der Waals surface area contributed by atoms with E-state index in [-0.39, 0.29) is 15.9 Å². The van der Waals surface area contributed by atoms with Crippen LogP contribution in [0.25, 0.3) is 10.1 Å². The Kier molecular flexibility index (Phi) is 5.79. The second-order valence-electron chi connectivity index (χ2n) is 6.68. The lowest BCUT2D eigenvalue weighted by Crippen LogP contribution is -2.12. The standard InChI is InChI=1S/C19H22N2O4S3/c1-6-25-17(22)16-12(5)20-19(27-16)21-28(23,24)18-11(4)14-9-13(10(2)3)7-8-15(14)26-18/h7-10H,6H2,1-5H3,(H,20,21). The van der Waals surface area contributed by atoms with E-state index in [1.807, 2.05) is 19.1 Å². The molecule has 0 aliphatic rings. The van der Waals surface area contributed by atoms with Gasteiger partial charge in [0.2, 0.25) is 0 Å². The van der Waals surface area contributed by atoms with Gasteiger partial charge in [-0.25, -0.2) is 18.2 Å². The molecule has 28 heavy (non-hydrogen) atoms. The summed E-state index contributed by atoms with van der Waals surface area (Å²) in [5.41, 5.74) is 2.32. The van der Waals surface area contributed by atoms with Gasteiger partial charge in [0.15, 0.2) is 5.13 Å². The number of fused-ring (bicyclic) bond motifs is 1. The molecule has 0 unspecified atom stereocenters. The molecule has 1 aromatic carbocycles. The molecular weight excluding hydrogens is 416 g/mol. The number of ether oxygens (including phenoxy) is 1. The molecule has 0 saturated carbocycles. The Morgan fingerprint density at radius 1 is 1.25 bits per heavy atom. The summed E-state index contributed by atoms with van der Waals surface area (Å²) in [4.78, 5) is 16.4. The van der Waals surface area contributed by atoms with Crippen molar-refractivity contribution in [2.75, 3.05) is 11.3 Å². The van der Waals surface area contributed by atoms with E-state index in [0.717, 1.165) is 21.4 Å². The van der Waals surface area contributed by atoms with Crippen molar-refractivity contribution in [3.8, 4) is 0 Å². The zero-order chi connectivity index (χ0) is 20.6. The minimum absolute atomic E-state index is 0.153. The Balaban J connectivity index is 1.96. The molecule has 6 nitrogen and oxygen atoms in total. The zero-order valence-electron chi connectivity index (χ0n) is 16.3. The molecular formula is C19H22N2O4S3. The summed E-state index contributed by atoms with van der Waals surface area (Å²) in [6.07, 6.45) is 0. The van der Waals surface area contributed by atoms with E-state index in [4.69, 9.17) is 4.74 Å². The minimum atomic E-state index is -3.82. The maximum Gasteiger partial charge on any atom is 0.350 e. The number of thiophene rings is 1. The highest BCUT2D eigenvalue weighted by Gasteiger charge is 2.25. The number of carbonyl (C=O) groups is 1. The van der Waals surface area contributed by atoms with Crippen molar-refractivity contribution in [3.05, 3.63) is 39.9 Å². The lowest BCUT2D eigenvalue weighted by atomic mass is 10.0. The molecule has 0 spiro atoms. The van der Waals surface area contributed by atoms with Crippen LogP contribution in [0.1, 0.15) is 53.2 Å². The SMILES string of the molecule is CCOC(=O)c1sc(NS(=O)(=O)c2sc3ccc(C(C)C)cc3c2C)nc1C. The summed E-state index contributed by atoms with van der Waals surface area (Å²) in [5.74, 6) is -0.135. The number of rotatable bonds is 6. The molecule has 0 radical (unpaired) electrons. The van der Waals surface area contributed by atoms with E-state index >= 15 is 0 Å². The van der Waals surface area contributed by atoms with Gasteiger partial charge in [-0.3, -0.25) is 4.72 Å². The van der Waals surface area contributed by atoms with Gasteiger partial charge in [0.1, 0.15) is 9.09 Å². The Morgan fingerprint density at radius 2 is 1.96 bits per heavy atom. The van der Waals surface area contributed by atoms with Gasteiger partial charge in [0.05, 0.1) is 12.3 Å². The fourth-order valence-corrected chi connectivity index (χ4v) is 6.66. The van der Waals surface area contributed by atoms with Gasteiger partial charge in [0.25, 0.3) is 10.0 Å². The quantitative estimate of drug-likeness (QED) is 0.543. The number of aromatic nitrogens is 1. The van der Waals surface area contributed by atoms with Crippen LogP contribution in [0, 0.1) is 13.8 Å². The van der Waals surface area contributed by atoms with Crippen molar-refractivity contribution in [3.63, 3.8) is 0 Å². The van der Waals surface area contributed by atoms with Crippen molar-refractivity contribution in [1.29, 1.82) is 0 Å². The van der Waals surface area contributed by atoms with Crippen LogP contribution in [0.3, 0.4) is 0 Å². The van der Waals surface area contributed by atoms with Crippen molar-refractivity contribution in [2.45, 2.75) is 44.7 Å². The molecule has 1 N–H and O–H groups in total. The van der Waals surface area contributed by atoms with Gasteiger partial charge in [-0.15, -0.1) is 11.3 Å². The first-order valence-corrected chi connectivity index (χ1v) is 12.0. The smallest absolute Gasteiger partial charge is 0.350 e. The van der Waals surface area contributed by atoms with Crippen LogP contribution in [0.15, 0.2) is 22.4 Å². The van der Waals surface area contributed by atoms with Gasteiger partial charge in [0, 0.05) is 4.70 Å². The largest absolute Gasteiger partial charge is 0.462 e. The number of hydrogen-bond donors (Lipinski definition) is 1. The third-order valence-electron chi connectivity index (χ3n) is 4.31. The molecule has 9 heteroatoms. The molecule has 150 valence electrons. The van der Waals surface area contributed by atoms with Gasteiger partial charge in [-0.2, -0.15) is 0 Å². The van der Waals surface area contributed by atoms with Crippen LogP contribution in [-0.4, -0.2) is 26.0 Å². The van der Waals surface area contributed by atoms with E-state index in [1.54, 1.807) is 13.8 Å². The molecule has 0 saturated heterocycles. The molecule has 2 aromatic heterocycles. The normalized spacial score (nSPS) is 11.9. The molecule has 3 aromatic rings. The monoisotopic (exact) mass is 438 g/mol. The van der Waals surface area contributed by atoms with Crippen LogP contribution < -0.4 is 4.72 Å². The second-order valence-corrected chi connectivity index (χ2v) is 10.6. The van der Waals surface area contributed by atoms with E-state index in [0.29, 0.717) is 22.1 Å². The number of anilines is 1.